The van der Waals surface area contributed by atoms with Gasteiger partial charge in [-0.3, -0.25) is 0 Å². The van der Waals surface area contributed by atoms with E-state index in [1.54, 1.807) is 36.8 Å². The summed E-state index contributed by atoms with van der Waals surface area (Å²) in [6.07, 6.45) is 3.44. The summed E-state index contributed by atoms with van der Waals surface area (Å²) < 4.78 is 7.64. The fourth-order valence-electron chi connectivity index (χ4n) is 1.76. The number of anilines is 1. The topological polar surface area (TPSA) is 66.0 Å². The van der Waals surface area contributed by atoms with Crippen molar-refractivity contribution in [1.29, 1.82) is 0 Å². The van der Waals surface area contributed by atoms with Crippen LogP contribution in [0.4, 0.5) is 5.69 Å². The Labute approximate surface area is 104 Å². The molecule has 1 aromatic carbocycles. The first-order valence-electron chi connectivity index (χ1n) is 5.53. The van der Waals surface area contributed by atoms with E-state index in [1.807, 2.05) is 17.7 Å². The largest absolute Gasteiger partial charge is 0.437 e. The quantitative estimate of drug-likeness (QED) is 0.698. The van der Waals surface area contributed by atoms with Gasteiger partial charge in [0.1, 0.15) is 5.75 Å². The number of aromatic nitrogens is 3. The molecule has 90 valence electrons. The lowest BCUT2D eigenvalue weighted by Crippen LogP contribution is -1.91. The molecule has 0 atom stereocenters. The van der Waals surface area contributed by atoms with Crippen molar-refractivity contribution < 1.29 is 4.74 Å². The van der Waals surface area contributed by atoms with Gasteiger partial charge in [0.15, 0.2) is 5.52 Å². The molecule has 5 heteroatoms. The van der Waals surface area contributed by atoms with E-state index < -0.39 is 0 Å². The molecule has 0 radical (unpaired) electrons. The minimum Gasteiger partial charge on any atom is -0.437 e. The number of rotatable bonds is 2. The highest BCUT2D eigenvalue weighted by Crippen LogP contribution is 2.26. The standard InChI is InChI=1S/C13H12N4O/c1-17-8-16-12-11(17)6-7-15-13(12)18-10-4-2-9(14)3-5-10/h2-8H,14H2,1H3. The normalized spacial score (nSPS) is 10.7. The molecule has 0 saturated carbocycles. The SMILES string of the molecule is Cn1cnc2c(Oc3ccc(N)cc3)nccc21. The number of ether oxygens (including phenoxy) is 1. The summed E-state index contributed by atoms with van der Waals surface area (Å²) in [6.45, 7) is 0. The first kappa shape index (κ1) is 10.6. The van der Waals surface area contributed by atoms with Crippen LogP contribution in [-0.2, 0) is 7.05 Å². The van der Waals surface area contributed by atoms with Gasteiger partial charge < -0.3 is 15.0 Å². The molecule has 0 unspecified atom stereocenters. The molecule has 0 aliphatic heterocycles. The summed E-state index contributed by atoms with van der Waals surface area (Å²) >= 11 is 0. The molecule has 3 rings (SSSR count). The van der Waals surface area contributed by atoms with Gasteiger partial charge in [0.2, 0.25) is 5.88 Å². The Kier molecular flexibility index (Phi) is 2.37. The third-order valence-corrected chi connectivity index (χ3v) is 2.70. The van der Waals surface area contributed by atoms with Gasteiger partial charge in [0, 0.05) is 18.9 Å². The maximum Gasteiger partial charge on any atom is 0.247 e. The molecule has 0 aliphatic rings. The van der Waals surface area contributed by atoms with Crippen LogP contribution in [0.25, 0.3) is 11.0 Å². The van der Waals surface area contributed by atoms with Crippen LogP contribution in [0.2, 0.25) is 0 Å². The zero-order valence-electron chi connectivity index (χ0n) is 9.87. The van der Waals surface area contributed by atoms with E-state index in [0.29, 0.717) is 17.3 Å². The number of fused-ring (bicyclic) bond motifs is 1. The predicted octanol–water partition coefficient (Wildman–Crippen LogP) is 2.34. The van der Waals surface area contributed by atoms with Crippen LogP contribution in [0.15, 0.2) is 42.9 Å². The van der Waals surface area contributed by atoms with Crippen LogP contribution in [-0.4, -0.2) is 14.5 Å². The van der Waals surface area contributed by atoms with E-state index in [-0.39, 0.29) is 0 Å². The highest BCUT2D eigenvalue weighted by atomic mass is 16.5. The van der Waals surface area contributed by atoms with E-state index in [9.17, 15) is 0 Å². The molecule has 0 saturated heterocycles. The highest BCUT2D eigenvalue weighted by Gasteiger charge is 2.08. The molecular formula is C13H12N4O. The zero-order chi connectivity index (χ0) is 12.5. The van der Waals surface area contributed by atoms with Crippen LogP contribution in [0, 0.1) is 0 Å². The fraction of sp³-hybridized carbons (Fsp3) is 0.0769. The third-order valence-electron chi connectivity index (χ3n) is 2.70. The molecule has 0 spiro atoms. The number of imidazole rings is 1. The summed E-state index contributed by atoms with van der Waals surface area (Å²) in [5.74, 6) is 1.19. The smallest absolute Gasteiger partial charge is 0.247 e. The van der Waals surface area contributed by atoms with Crippen molar-refractivity contribution in [1.82, 2.24) is 14.5 Å². The Morgan fingerprint density at radius 1 is 1.11 bits per heavy atom. The highest BCUT2D eigenvalue weighted by molar-refractivity contribution is 5.80. The van der Waals surface area contributed by atoms with Gasteiger partial charge in [0.05, 0.1) is 11.8 Å². The maximum atomic E-state index is 5.72. The summed E-state index contributed by atoms with van der Waals surface area (Å²) in [6, 6.07) is 9.08. The molecular weight excluding hydrogens is 228 g/mol. The van der Waals surface area contributed by atoms with E-state index in [2.05, 4.69) is 9.97 Å². The molecule has 0 fully saturated rings. The van der Waals surface area contributed by atoms with Crippen LogP contribution in [0.5, 0.6) is 11.6 Å². The van der Waals surface area contributed by atoms with Gasteiger partial charge in [-0.05, 0) is 30.3 Å². The minimum absolute atomic E-state index is 0.498. The van der Waals surface area contributed by atoms with Gasteiger partial charge in [-0.15, -0.1) is 0 Å². The number of benzene rings is 1. The first-order chi connectivity index (χ1) is 8.74. The summed E-state index contributed by atoms with van der Waals surface area (Å²) in [5.41, 5.74) is 8.06. The molecule has 18 heavy (non-hydrogen) atoms. The number of nitrogens with two attached hydrogens (primary N) is 1. The molecule has 5 nitrogen and oxygen atoms in total. The van der Waals surface area contributed by atoms with E-state index in [1.165, 1.54) is 0 Å². The summed E-state index contributed by atoms with van der Waals surface area (Å²) in [4.78, 5) is 8.49. The van der Waals surface area contributed by atoms with Gasteiger partial charge in [0.25, 0.3) is 0 Å². The molecule has 3 aromatic rings. The number of pyridine rings is 1. The van der Waals surface area contributed by atoms with Crippen LogP contribution in [0.1, 0.15) is 0 Å². The average molecular weight is 240 g/mol. The van der Waals surface area contributed by atoms with Crippen molar-refractivity contribution in [3.8, 4) is 11.6 Å². The molecule has 2 aromatic heterocycles. The van der Waals surface area contributed by atoms with E-state index >= 15 is 0 Å². The van der Waals surface area contributed by atoms with Crippen molar-refractivity contribution in [2.24, 2.45) is 7.05 Å². The van der Waals surface area contributed by atoms with Gasteiger partial charge >= 0.3 is 0 Å². The predicted molar refractivity (Wildman–Crippen MR) is 69.4 cm³/mol. The van der Waals surface area contributed by atoms with Gasteiger partial charge in [-0.1, -0.05) is 0 Å². The molecule has 0 aliphatic carbocycles. The summed E-state index contributed by atoms with van der Waals surface area (Å²) in [5, 5.41) is 0. The second-order valence-corrected chi connectivity index (χ2v) is 4.01. The minimum atomic E-state index is 0.498. The second kappa shape index (κ2) is 4.03. The Bertz CT molecular complexity index is 688. The first-order valence-corrected chi connectivity index (χ1v) is 5.53. The average Bonchev–Trinajstić information content (AvgIpc) is 2.76. The van der Waals surface area contributed by atoms with Crippen molar-refractivity contribution in [2.75, 3.05) is 5.73 Å². The fourth-order valence-corrected chi connectivity index (χ4v) is 1.76. The second-order valence-electron chi connectivity index (χ2n) is 4.01. The monoisotopic (exact) mass is 240 g/mol. The number of nitrogens with zero attached hydrogens (tertiary/aromatic N) is 3. The van der Waals surface area contributed by atoms with Crippen LogP contribution < -0.4 is 10.5 Å². The zero-order valence-corrected chi connectivity index (χ0v) is 9.87. The molecule has 0 amide bonds. The lowest BCUT2D eigenvalue weighted by molar-refractivity contribution is 0.468. The number of hydrogen-bond donors (Lipinski definition) is 1. The van der Waals surface area contributed by atoms with Crippen molar-refractivity contribution >= 4 is 16.7 Å². The number of aryl methyl sites for hydroxylation is 1. The molecule has 2 N–H and O–H groups in total. The molecule has 0 bridgehead atoms. The lowest BCUT2D eigenvalue weighted by Gasteiger charge is -2.05. The third kappa shape index (κ3) is 1.75. The molecule has 2 heterocycles. The van der Waals surface area contributed by atoms with Crippen molar-refractivity contribution in [3.05, 3.63) is 42.9 Å². The Balaban J connectivity index is 2.02. The Morgan fingerprint density at radius 3 is 2.67 bits per heavy atom. The van der Waals surface area contributed by atoms with Gasteiger partial charge in [-0.2, -0.15) is 0 Å². The maximum absolute atomic E-state index is 5.72. The van der Waals surface area contributed by atoms with Crippen molar-refractivity contribution in [3.63, 3.8) is 0 Å². The summed E-state index contributed by atoms with van der Waals surface area (Å²) in [7, 11) is 1.93. The van der Waals surface area contributed by atoms with E-state index in [0.717, 1.165) is 11.0 Å². The van der Waals surface area contributed by atoms with Crippen LogP contribution >= 0.6 is 0 Å². The van der Waals surface area contributed by atoms with Gasteiger partial charge in [-0.25, -0.2) is 9.97 Å². The Hall–Kier alpha value is -2.56. The number of hydrogen-bond acceptors (Lipinski definition) is 4. The van der Waals surface area contributed by atoms with Crippen LogP contribution in [0.3, 0.4) is 0 Å². The lowest BCUT2D eigenvalue weighted by atomic mass is 10.3. The Morgan fingerprint density at radius 2 is 1.89 bits per heavy atom. The van der Waals surface area contributed by atoms with E-state index in [4.69, 9.17) is 10.5 Å². The van der Waals surface area contributed by atoms with Crippen molar-refractivity contribution in [2.45, 2.75) is 0 Å². The number of nitrogen functional groups attached to an aromatic ring is 1.